The number of carboxylic acid groups (broad SMARTS) is 1. The van der Waals surface area contributed by atoms with Crippen LogP contribution in [-0.4, -0.2) is 24.5 Å². The van der Waals surface area contributed by atoms with Crippen molar-refractivity contribution in [1.29, 1.82) is 0 Å². The summed E-state index contributed by atoms with van der Waals surface area (Å²) in [5.41, 5.74) is 0.433. The van der Waals surface area contributed by atoms with Gasteiger partial charge in [-0.1, -0.05) is 17.7 Å². The third-order valence-electron chi connectivity index (χ3n) is 4.02. The molecule has 0 radical (unpaired) electrons. The van der Waals surface area contributed by atoms with Crippen LogP contribution < -0.4 is 19.6 Å². The highest BCUT2D eigenvalue weighted by molar-refractivity contribution is 6.34. The molecule has 0 amide bonds. The van der Waals surface area contributed by atoms with E-state index >= 15 is 0 Å². The fraction of sp³-hybridized carbons (Fsp3) is 0.158. The highest BCUT2D eigenvalue weighted by Crippen LogP contribution is 2.43. The van der Waals surface area contributed by atoms with Crippen molar-refractivity contribution in [3.63, 3.8) is 0 Å². The molecule has 1 aromatic heterocycles. The van der Waals surface area contributed by atoms with E-state index in [2.05, 4.69) is 0 Å². The first-order valence-electron chi connectivity index (χ1n) is 8.04. The molecule has 8 heteroatoms. The lowest BCUT2D eigenvalue weighted by Crippen LogP contribution is -2.06. The average Bonchev–Trinajstić information content (AvgIpc) is 3.09. The smallest absolute Gasteiger partial charge is 0.306 e. The Balaban J connectivity index is 1.85. The van der Waals surface area contributed by atoms with Crippen molar-refractivity contribution < 1.29 is 28.5 Å². The van der Waals surface area contributed by atoms with Crippen LogP contribution in [0.15, 0.2) is 45.6 Å². The number of halogens is 1. The summed E-state index contributed by atoms with van der Waals surface area (Å²) in [6, 6.07) is 9.46. The molecule has 0 saturated heterocycles. The van der Waals surface area contributed by atoms with Crippen LogP contribution in [0.4, 0.5) is 0 Å². The van der Waals surface area contributed by atoms with Crippen LogP contribution >= 0.6 is 11.6 Å². The van der Waals surface area contributed by atoms with Gasteiger partial charge in [-0.2, -0.15) is 0 Å². The number of rotatable bonds is 5. The van der Waals surface area contributed by atoms with Gasteiger partial charge in [-0.05, 0) is 18.2 Å². The van der Waals surface area contributed by atoms with Crippen LogP contribution in [0.2, 0.25) is 5.02 Å². The number of ether oxygens (including phenoxy) is 3. The van der Waals surface area contributed by atoms with Gasteiger partial charge in [-0.3, -0.25) is 9.59 Å². The number of para-hydroxylation sites is 1. The largest absolute Gasteiger partial charge is 0.492 e. The summed E-state index contributed by atoms with van der Waals surface area (Å²) in [6.07, 6.45) is -0.179. The van der Waals surface area contributed by atoms with Gasteiger partial charge in [-0.15, -0.1) is 0 Å². The summed E-state index contributed by atoms with van der Waals surface area (Å²) in [6.45, 7) is 0.00139. The third-order valence-corrected chi connectivity index (χ3v) is 4.32. The van der Waals surface area contributed by atoms with Crippen LogP contribution in [0.25, 0.3) is 22.3 Å². The second-order valence-electron chi connectivity index (χ2n) is 5.79. The molecule has 0 unspecified atom stereocenters. The first-order chi connectivity index (χ1) is 13.0. The standard InChI is InChI=1S/C19H13ClO7/c20-12-3-1-2-10-13(21)7-15(27-19(10)12)11-6-16-17(26-9-25-16)8-14(11)24-5-4-18(22)23/h1-3,6-8H,4-5,9H2,(H,22,23). The summed E-state index contributed by atoms with van der Waals surface area (Å²) in [7, 11) is 0. The SMILES string of the molecule is O=C(O)CCOc1cc2c(cc1-c1cc(=O)c3cccc(Cl)c3o1)OCO2. The Bertz CT molecular complexity index is 1100. The summed E-state index contributed by atoms with van der Waals surface area (Å²) in [5.74, 6) is 0.489. The Kier molecular flexibility index (Phi) is 4.37. The maximum Gasteiger partial charge on any atom is 0.306 e. The van der Waals surface area contributed by atoms with Gasteiger partial charge in [0.25, 0.3) is 0 Å². The number of hydrogen-bond donors (Lipinski definition) is 1. The molecule has 4 rings (SSSR count). The fourth-order valence-corrected chi connectivity index (χ4v) is 2.97. The molecule has 7 nitrogen and oxygen atoms in total. The molecule has 1 aliphatic heterocycles. The van der Waals surface area contributed by atoms with Gasteiger partial charge in [0.15, 0.2) is 22.5 Å². The van der Waals surface area contributed by atoms with Gasteiger partial charge in [0.2, 0.25) is 6.79 Å². The van der Waals surface area contributed by atoms with E-state index in [1.807, 2.05) is 0 Å². The molecule has 0 spiro atoms. The number of fused-ring (bicyclic) bond motifs is 2. The van der Waals surface area contributed by atoms with Gasteiger partial charge in [0.05, 0.1) is 29.0 Å². The molecule has 1 aliphatic rings. The Labute approximate surface area is 157 Å². The molecule has 2 aromatic carbocycles. The van der Waals surface area contributed by atoms with Crippen molar-refractivity contribution in [2.45, 2.75) is 6.42 Å². The molecule has 0 atom stereocenters. The Morgan fingerprint density at radius 1 is 1.19 bits per heavy atom. The normalized spacial score (nSPS) is 12.3. The minimum Gasteiger partial charge on any atom is -0.492 e. The summed E-state index contributed by atoms with van der Waals surface area (Å²) < 4.78 is 22.2. The zero-order valence-corrected chi connectivity index (χ0v) is 14.6. The maximum atomic E-state index is 12.5. The first-order valence-corrected chi connectivity index (χ1v) is 8.42. The zero-order chi connectivity index (χ0) is 19.0. The van der Waals surface area contributed by atoms with Crippen molar-refractivity contribution in [2.75, 3.05) is 13.4 Å². The quantitative estimate of drug-likeness (QED) is 0.712. The fourth-order valence-electron chi connectivity index (χ4n) is 2.76. The van der Waals surface area contributed by atoms with E-state index in [4.69, 9.17) is 35.3 Å². The highest BCUT2D eigenvalue weighted by Gasteiger charge is 2.21. The van der Waals surface area contributed by atoms with Crippen LogP contribution in [0, 0.1) is 0 Å². The van der Waals surface area contributed by atoms with Gasteiger partial charge >= 0.3 is 5.97 Å². The molecule has 0 saturated carbocycles. The molecule has 0 fully saturated rings. The van der Waals surface area contributed by atoms with Crippen LogP contribution in [0.3, 0.4) is 0 Å². The minimum absolute atomic E-state index is 0.0550. The van der Waals surface area contributed by atoms with Crippen LogP contribution in [0.1, 0.15) is 6.42 Å². The Morgan fingerprint density at radius 3 is 2.74 bits per heavy atom. The van der Waals surface area contributed by atoms with E-state index in [0.29, 0.717) is 33.2 Å². The third kappa shape index (κ3) is 3.29. The van der Waals surface area contributed by atoms with E-state index in [1.54, 1.807) is 30.3 Å². The number of aliphatic carboxylic acids is 1. The highest BCUT2D eigenvalue weighted by atomic mass is 35.5. The number of carbonyl (C=O) groups is 1. The van der Waals surface area contributed by atoms with Gasteiger partial charge in [0, 0.05) is 12.1 Å². The molecule has 1 N–H and O–H groups in total. The van der Waals surface area contributed by atoms with Gasteiger partial charge < -0.3 is 23.7 Å². The summed E-state index contributed by atoms with van der Waals surface area (Å²) in [4.78, 5) is 23.2. The van der Waals surface area contributed by atoms with Crippen molar-refractivity contribution in [2.24, 2.45) is 0 Å². The molecular formula is C19H13ClO7. The molecule has 3 aromatic rings. The average molecular weight is 389 g/mol. The summed E-state index contributed by atoms with van der Waals surface area (Å²) >= 11 is 6.17. The van der Waals surface area contributed by atoms with Gasteiger partial charge in [-0.25, -0.2) is 0 Å². The lowest BCUT2D eigenvalue weighted by Gasteiger charge is -2.12. The lowest BCUT2D eigenvalue weighted by atomic mass is 10.1. The number of carboxylic acids is 1. The van der Waals surface area contributed by atoms with E-state index in [-0.39, 0.29) is 36.6 Å². The first kappa shape index (κ1) is 17.2. The predicted molar refractivity (Wildman–Crippen MR) is 96.8 cm³/mol. The van der Waals surface area contributed by atoms with E-state index in [1.165, 1.54) is 6.07 Å². The molecule has 0 bridgehead atoms. The minimum atomic E-state index is -0.985. The number of benzene rings is 2. The number of hydrogen-bond acceptors (Lipinski definition) is 6. The molecule has 138 valence electrons. The van der Waals surface area contributed by atoms with E-state index in [9.17, 15) is 9.59 Å². The Morgan fingerprint density at radius 2 is 1.96 bits per heavy atom. The van der Waals surface area contributed by atoms with Crippen molar-refractivity contribution in [3.8, 4) is 28.6 Å². The van der Waals surface area contributed by atoms with Crippen LogP contribution in [-0.2, 0) is 4.79 Å². The van der Waals surface area contributed by atoms with Crippen LogP contribution in [0.5, 0.6) is 17.2 Å². The van der Waals surface area contributed by atoms with Crippen molar-refractivity contribution in [3.05, 3.63) is 51.6 Å². The lowest BCUT2D eigenvalue weighted by molar-refractivity contribution is -0.137. The summed E-state index contributed by atoms with van der Waals surface area (Å²) in [5, 5.41) is 9.49. The van der Waals surface area contributed by atoms with Gasteiger partial charge in [0.1, 0.15) is 11.5 Å². The van der Waals surface area contributed by atoms with E-state index < -0.39 is 5.97 Å². The second-order valence-corrected chi connectivity index (χ2v) is 6.19. The molecule has 27 heavy (non-hydrogen) atoms. The molecule has 0 aliphatic carbocycles. The zero-order valence-electron chi connectivity index (χ0n) is 13.9. The maximum absolute atomic E-state index is 12.5. The van der Waals surface area contributed by atoms with E-state index in [0.717, 1.165) is 0 Å². The topological polar surface area (TPSA) is 95.2 Å². The van der Waals surface area contributed by atoms with Crippen molar-refractivity contribution >= 4 is 28.5 Å². The van der Waals surface area contributed by atoms with Crippen molar-refractivity contribution in [1.82, 2.24) is 0 Å². The Hall–Kier alpha value is -3.19. The second kappa shape index (κ2) is 6.85. The molecular weight excluding hydrogens is 376 g/mol. The molecule has 2 heterocycles. The monoisotopic (exact) mass is 388 g/mol. The predicted octanol–water partition coefficient (Wildman–Crippen LogP) is 3.70.